The van der Waals surface area contributed by atoms with Crippen LogP contribution in [0.3, 0.4) is 0 Å². The minimum absolute atomic E-state index is 0.0844. The van der Waals surface area contributed by atoms with Crippen LogP contribution < -0.4 is 4.90 Å². The Bertz CT molecular complexity index is 1050. The van der Waals surface area contributed by atoms with E-state index in [1.807, 2.05) is 91.5 Å². The molecule has 3 heterocycles. The number of aliphatic imine (C=N–C) groups is 1. The standard InChI is InChI=1S/C21H18N4OS/c1-15-8-6-12-19(22-15)23-21-25(16-9-4-3-5-10-16)20(26)18(27-21)14-17-11-7-13-24(17)2/h3-14H,1-2H3/b18-14+,23-21+. The van der Waals surface area contributed by atoms with Crippen LogP contribution in [0.1, 0.15) is 11.4 Å². The number of benzene rings is 1. The summed E-state index contributed by atoms with van der Waals surface area (Å²) in [6, 6.07) is 19.2. The first-order valence-electron chi connectivity index (χ1n) is 8.54. The van der Waals surface area contributed by atoms with E-state index >= 15 is 0 Å². The molecule has 1 fully saturated rings. The number of aryl methyl sites for hydroxylation is 2. The first-order valence-corrected chi connectivity index (χ1v) is 9.36. The fraction of sp³-hybridized carbons (Fsp3) is 0.0952. The Morgan fingerprint density at radius 1 is 1.04 bits per heavy atom. The van der Waals surface area contributed by atoms with Gasteiger partial charge in [0.15, 0.2) is 11.0 Å². The second-order valence-corrected chi connectivity index (χ2v) is 7.17. The third-order valence-electron chi connectivity index (χ3n) is 4.17. The molecule has 1 aliphatic rings. The quantitative estimate of drug-likeness (QED) is 0.633. The summed E-state index contributed by atoms with van der Waals surface area (Å²) in [6.07, 6.45) is 3.85. The van der Waals surface area contributed by atoms with Gasteiger partial charge in [0.2, 0.25) is 0 Å². The molecule has 0 unspecified atom stereocenters. The summed E-state index contributed by atoms with van der Waals surface area (Å²) in [7, 11) is 1.96. The third-order valence-corrected chi connectivity index (χ3v) is 5.14. The van der Waals surface area contributed by atoms with Gasteiger partial charge >= 0.3 is 0 Å². The average Bonchev–Trinajstić information content (AvgIpc) is 3.19. The number of aromatic nitrogens is 2. The number of thioether (sulfide) groups is 1. The summed E-state index contributed by atoms with van der Waals surface area (Å²) in [4.78, 5) is 24.5. The van der Waals surface area contributed by atoms with Crippen LogP contribution in [0.25, 0.3) is 6.08 Å². The Morgan fingerprint density at radius 3 is 2.56 bits per heavy atom. The Morgan fingerprint density at radius 2 is 1.85 bits per heavy atom. The molecule has 5 nitrogen and oxygen atoms in total. The molecule has 27 heavy (non-hydrogen) atoms. The van der Waals surface area contributed by atoms with Gasteiger partial charge in [0.05, 0.1) is 10.6 Å². The maximum Gasteiger partial charge on any atom is 0.271 e. The Balaban J connectivity index is 1.79. The lowest BCUT2D eigenvalue weighted by molar-refractivity contribution is -0.113. The maximum atomic E-state index is 13.1. The van der Waals surface area contributed by atoms with Gasteiger partial charge in [0.25, 0.3) is 5.91 Å². The summed E-state index contributed by atoms with van der Waals surface area (Å²) < 4.78 is 1.98. The highest BCUT2D eigenvalue weighted by Crippen LogP contribution is 2.37. The second kappa shape index (κ2) is 7.25. The topological polar surface area (TPSA) is 50.5 Å². The van der Waals surface area contributed by atoms with E-state index in [0.717, 1.165) is 17.1 Å². The summed E-state index contributed by atoms with van der Waals surface area (Å²) in [5.74, 6) is 0.505. The molecule has 1 amide bonds. The van der Waals surface area contributed by atoms with E-state index in [2.05, 4.69) is 9.98 Å². The number of amidine groups is 1. The molecule has 1 aliphatic heterocycles. The number of rotatable bonds is 3. The monoisotopic (exact) mass is 374 g/mol. The van der Waals surface area contributed by atoms with Crippen molar-refractivity contribution in [3.05, 3.63) is 83.2 Å². The van der Waals surface area contributed by atoms with Crippen molar-refractivity contribution in [2.24, 2.45) is 12.0 Å². The van der Waals surface area contributed by atoms with Crippen molar-refractivity contribution in [2.45, 2.75) is 6.92 Å². The smallest absolute Gasteiger partial charge is 0.271 e. The van der Waals surface area contributed by atoms with Gasteiger partial charge in [-0.3, -0.25) is 9.69 Å². The molecule has 0 atom stereocenters. The first-order chi connectivity index (χ1) is 13.1. The molecule has 0 aliphatic carbocycles. The number of nitrogens with zero attached hydrogens (tertiary/aromatic N) is 4. The van der Waals surface area contributed by atoms with Crippen LogP contribution in [-0.2, 0) is 11.8 Å². The van der Waals surface area contributed by atoms with Crippen LogP contribution in [0.4, 0.5) is 11.5 Å². The molecule has 2 aromatic heterocycles. The highest BCUT2D eigenvalue weighted by atomic mass is 32.2. The SMILES string of the molecule is Cc1cccc(/N=C2/S/C(=C/c3cccn3C)C(=O)N2c2ccccc2)n1. The van der Waals surface area contributed by atoms with Gasteiger partial charge in [-0.05, 0) is 61.2 Å². The Labute approximate surface area is 162 Å². The number of hydrogen-bond donors (Lipinski definition) is 0. The maximum absolute atomic E-state index is 13.1. The predicted molar refractivity (Wildman–Crippen MR) is 111 cm³/mol. The minimum atomic E-state index is -0.0844. The van der Waals surface area contributed by atoms with Gasteiger partial charge in [-0.15, -0.1) is 0 Å². The van der Waals surface area contributed by atoms with Crippen LogP contribution >= 0.6 is 11.8 Å². The van der Waals surface area contributed by atoms with Crippen LogP contribution in [-0.4, -0.2) is 20.6 Å². The van der Waals surface area contributed by atoms with E-state index < -0.39 is 0 Å². The molecule has 0 radical (unpaired) electrons. The zero-order chi connectivity index (χ0) is 18.8. The molecule has 0 saturated carbocycles. The number of pyridine rings is 1. The predicted octanol–water partition coefficient (Wildman–Crippen LogP) is 4.54. The molecule has 6 heteroatoms. The third kappa shape index (κ3) is 3.57. The van der Waals surface area contributed by atoms with Crippen molar-refractivity contribution in [2.75, 3.05) is 4.90 Å². The van der Waals surface area contributed by atoms with E-state index in [9.17, 15) is 4.79 Å². The number of carbonyl (C=O) groups is 1. The lowest BCUT2D eigenvalue weighted by Gasteiger charge is -2.15. The molecule has 4 rings (SSSR count). The Hall–Kier alpha value is -3.12. The molecule has 1 saturated heterocycles. The zero-order valence-electron chi connectivity index (χ0n) is 15.0. The van der Waals surface area contributed by atoms with Crippen LogP contribution in [0.15, 0.2) is 76.8 Å². The van der Waals surface area contributed by atoms with Gasteiger partial charge in [-0.25, -0.2) is 9.98 Å². The summed E-state index contributed by atoms with van der Waals surface area (Å²) >= 11 is 1.36. The number of para-hydroxylation sites is 1. The van der Waals surface area contributed by atoms with E-state index in [1.54, 1.807) is 4.90 Å². The molecular formula is C21H18N4OS. The van der Waals surface area contributed by atoms with Crippen molar-refractivity contribution in [3.8, 4) is 0 Å². The average molecular weight is 374 g/mol. The van der Waals surface area contributed by atoms with Crippen molar-refractivity contribution < 1.29 is 4.79 Å². The first kappa shape index (κ1) is 17.3. The van der Waals surface area contributed by atoms with E-state index in [-0.39, 0.29) is 5.91 Å². The summed E-state index contributed by atoms with van der Waals surface area (Å²) in [6.45, 7) is 1.92. The molecule has 0 N–H and O–H groups in total. The lowest BCUT2D eigenvalue weighted by Crippen LogP contribution is -2.28. The molecule has 134 valence electrons. The van der Waals surface area contributed by atoms with Crippen molar-refractivity contribution >= 4 is 40.4 Å². The minimum Gasteiger partial charge on any atom is -0.351 e. The van der Waals surface area contributed by atoms with Gasteiger partial charge in [-0.1, -0.05) is 24.3 Å². The highest BCUT2D eigenvalue weighted by molar-refractivity contribution is 8.19. The van der Waals surface area contributed by atoms with Crippen molar-refractivity contribution in [1.29, 1.82) is 0 Å². The fourth-order valence-corrected chi connectivity index (χ4v) is 3.77. The van der Waals surface area contributed by atoms with Crippen LogP contribution in [0, 0.1) is 6.92 Å². The summed E-state index contributed by atoms with van der Waals surface area (Å²) in [5, 5.41) is 0.602. The molecule has 3 aromatic rings. The Kier molecular flexibility index (Phi) is 4.64. The normalized spacial score (nSPS) is 17.3. The van der Waals surface area contributed by atoms with E-state index in [0.29, 0.717) is 15.9 Å². The number of anilines is 1. The molecule has 0 spiro atoms. The van der Waals surface area contributed by atoms with Crippen molar-refractivity contribution in [3.63, 3.8) is 0 Å². The summed E-state index contributed by atoms with van der Waals surface area (Å²) in [5.41, 5.74) is 2.64. The van der Waals surface area contributed by atoms with Crippen LogP contribution in [0.2, 0.25) is 0 Å². The van der Waals surface area contributed by atoms with Gasteiger partial charge < -0.3 is 4.57 Å². The lowest BCUT2D eigenvalue weighted by atomic mass is 10.3. The zero-order valence-corrected chi connectivity index (χ0v) is 15.9. The molecule has 0 bridgehead atoms. The van der Waals surface area contributed by atoms with Crippen LogP contribution in [0.5, 0.6) is 0 Å². The van der Waals surface area contributed by atoms with Crippen molar-refractivity contribution in [1.82, 2.24) is 9.55 Å². The molecular weight excluding hydrogens is 356 g/mol. The number of carbonyl (C=O) groups excluding carboxylic acids is 1. The fourth-order valence-electron chi connectivity index (χ4n) is 2.80. The second-order valence-electron chi connectivity index (χ2n) is 6.16. The van der Waals surface area contributed by atoms with E-state index in [1.165, 1.54) is 11.8 Å². The van der Waals surface area contributed by atoms with E-state index in [4.69, 9.17) is 0 Å². The number of amides is 1. The highest BCUT2D eigenvalue weighted by Gasteiger charge is 2.34. The van der Waals surface area contributed by atoms with Gasteiger partial charge in [0, 0.05) is 24.6 Å². The number of hydrogen-bond acceptors (Lipinski definition) is 4. The van der Waals surface area contributed by atoms with Gasteiger partial charge in [0.1, 0.15) is 0 Å². The molecule has 1 aromatic carbocycles. The van der Waals surface area contributed by atoms with Gasteiger partial charge in [-0.2, -0.15) is 0 Å². The largest absolute Gasteiger partial charge is 0.351 e.